The van der Waals surface area contributed by atoms with Crippen LogP contribution in [0.5, 0.6) is 0 Å². The molecule has 90 valence electrons. The van der Waals surface area contributed by atoms with E-state index in [0.29, 0.717) is 17.5 Å². The summed E-state index contributed by atoms with van der Waals surface area (Å²) in [5, 5.41) is 3.85. The molecule has 1 N–H and O–H groups in total. The Morgan fingerprint density at radius 3 is 2.76 bits per heavy atom. The van der Waals surface area contributed by atoms with E-state index in [2.05, 4.69) is 26.2 Å². The summed E-state index contributed by atoms with van der Waals surface area (Å²) in [4.78, 5) is 4.29. The van der Waals surface area contributed by atoms with Gasteiger partial charge >= 0.3 is 0 Å². The fourth-order valence-corrected chi connectivity index (χ4v) is 2.16. The van der Waals surface area contributed by atoms with Crippen LogP contribution in [0.15, 0.2) is 27.1 Å². The lowest BCUT2D eigenvalue weighted by Crippen LogP contribution is -2.00. The minimum absolute atomic E-state index is 0.524. The summed E-state index contributed by atoms with van der Waals surface area (Å²) in [6.45, 7) is 4.35. The number of anilines is 1. The van der Waals surface area contributed by atoms with E-state index in [4.69, 9.17) is 16.0 Å². The number of rotatable bonds is 3. The SMILES string of the molecule is Cc1nc(CNc2ccc(Br)cc2Cl)oc1C. The van der Waals surface area contributed by atoms with Gasteiger partial charge in [-0.15, -0.1) is 0 Å². The van der Waals surface area contributed by atoms with Gasteiger partial charge in [0.15, 0.2) is 0 Å². The van der Waals surface area contributed by atoms with Crippen LogP contribution in [-0.4, -0.2) is 4.98 Å². The van der Waals surface area contributed by atoms with Crippen molar-refractivity contribution in [2.75, 3.05) is 5.32 Å². The van der Waals surface area contributed by atoms with Crippen molar-refractivity contribution in [1.82, 2.24) is 4.98 Å². The molecule has 0 spiro atoms. The van der Waals surface area contributed by atoms with Gasteiger partial charge in [0.25, 0.3) is 0 Å². The fraction of sp³-hybridized carbons (Fsp3) is 0.250. The maximum Gasteiger partial charge on any atom is 0.213 e. The molecule has 2 aromatic rings. The van der Waals surface area contributed by atoms with E-state index >= 15 is 0 Å². The Hall–Kier alpha value is -1.00. The van der Waals surface area contributed by atoms with Crippen molar-refractivity contribution in [2.24, 2.45) is 0 Å². The molecule has 0 aliphatic carbocycles. The van der Waals surface area contributed by atoms with Gasteiger partial charge in [-0.05, 0) is 32.0 Å². The molecule has 2 rings (SSSR count). The second-order valence-electron chi connectivity index (χ2n) is 3.73. The van der Waals surface area contributed by atoms with Gasteiger partial charge in [-0.3, -0.25) is 0 Å². The number of oxazole rings is 1. The molecule has 0 aliphatic heterocycles. The third-order valence-electron chi connectivity index (χ3n) is 2.43. The molecule has 0 bridgehead atoms. The monoisotopic (exact) mass is 314 g/mol. The third kappa shape index (κ3) is 3.01. The molecule has 0 unspecified atom stereocenters. The van der Waals surface area contributed by atoms with Gasteiger partial charge in [0, 0.05) is 4.47 Å². The molecule has 1 aromatic carbocycles. The first-order chi connectivity index (χ1) is 8.06. The molecule has 5 heteroatoms. The van der Waals surface area contributed by atoms with Crippen molar-refractivity contribution in [2.45, 2.75) is 20.4 Å². The van der Waals surface area contributed by atoms with Gasteiger partial charge in [0.2, 0.25) is 5.89 Å². The lowest BCUT2D eigenvalue weighted by molar-refractivity contribution is 0.478. The number of benzene rings is 1. The minimum atomic E-state index is 0.524. The van der Waals surface area contributed by atoms with Gasteiger partial charge in [-0.25, -0.2) is 4.98 Å². The maximum atomic E-state index is 6.09. The average Bonchev–Trinajstić information content (AvgIpc) is 2.57. The second-order valence-corrected chi connectivity index (χ2v) is 5.05. The van der Waals surface area contributed by atoms with Gasteiger partial charge in [-0.2, -0.15) is 0 Å². The summed E-state index contributed by atoms with van der Waals surface area (Å²) in [5.41, 5.74) is 1.78. The average molecular weight is 316 g/mol. The van der Waals surface area contributed by atoms with Crippen LogP contribution in [0.2, 0.25) is 5.02 Å². The highest BCUT2D eigenvalue weighted by atomic mass is 79.9. The molecule has 0 radical (unpaired) electrons. The number of hydrogen-bond acceptors (Lipinski definition) is 3. The topological polar surface area (TPSA) is 38.1 Å². The summed E-state index contributed by atoms with van der Waals surface area (Å²) in [5.74, 6) is 1.52. The van der Waals surface area contributed by atoms with Crippen LogP contribution in [0.3, 0.4) is 0 Å². The first kappa shape index (κ1) is 12.5. The van der Waals surface area contributed by atoms with E-state index in [0.717, 1.165) is 21.6 Å². The minimum Gasteiger partial charge on any atom is -0.444 e. The first-order valence-corrected chi connectivity index (χ1v) is 6.35. The van der Waals surface area contributed by atoms with E-state index in [1.54, 1.807) is 0 Å². The van der Waals surface area contributed by atoms with E-state index in [1.807, 2.05) is 32.0 Å². The summed E-state index contributed by atoms with van der Waals surface area (Å²) >= 11 is 9.45. The summed E-state index contributed by atoms with van der Waals surface area (Å²) in [6, 6.07) is 5.69. The number of nitrogens with zero attached hydrogens (tertiary/aromatic N) is 1. The van der Waals surface area contributed by atoms with Crippen LogP contribution >= 0.6 is 27.5 Å². The van der Waals surface area contributed by atoms with Crippen LogP contribution in [0.1, 0.15) is 17.3 Å². The summed E-state index contributed by atoms with van der Waals surface area (Å²) in [6.07, 6.45) is 0. The quantitative estimate of drug-likeness (QED) is 0.916. The zero-order valence-corrected chi connectivity index (χ0v) is 11.9. The second kappa shape index (κ2) is 5.10. The highest BCUT2D eigenvalue weighted by molar-refractivity contribution is 9.10. The molecule has 0 amide bonds. The van der Waals surface area contributed by atoms with Crippen molar-refractivity contribution < 1.29 is 4.42 Å². The molecule has 1 aromatic heterocycles. The number of hydrogen-bond donors (Lipinski definition) is 1. The highest BCUT2D eigenvalue weighted by Gasteiger charge is 2.06. The lowest BCUT2D eigenvalue weighted by atomic mass is 10.3. The molecular formula is C12H12BrClN2O. The molecule has 0 atom stereocenters. The van der Waals surface area contributed by atoms with E-state index in [1.165, 1.54) is 0 Å². The molecule has 17 heavy (non-hydrogen) atoms. The van der Waals surface area contributed by atoms with E-state index < -0.39 is 0 Å². The van der Waals surface area contributed by atoms with Crippen LogP contribution < -0.4 is 5.32 Å². The Labute approximate surface area is 113 Å². The van der Waals surface area contributed by atoms with Gasteiger partial charge in [0.1, 0.15) is 5.76 Å². The first-order valence-electron chi connectivity index (χ1n) is 5.18. The predicted octanol–water partition coefficient (Wildman–Crippen LogP) is 4.32. The van der Waals surface area contributed by atoms with Crippen LogP contribution in [-0.2, 0) is 6.54 Å². The van der Waals surface area contributed by atoms with Crippen LogP contribution in [0.4, 0.5) is 5.69 Å². The van der Waals surface area contributed by atoms with Crippen molar-refractivity contribution in [1.29, 1.82) is 0 Å². The zero-order chi connectivity index (χ0) is 12.4. The van der Waals surface area contributed by atoms with Crippen LogP contribution in [0, 0.1) is 13.8 Å². The Morgan fingerprint density at radius 1 is 1.41 bits per heavy atom. The molecule has 0 fully saturated rings. The Kier molecular flexibility index (Phi) is 3.74. The van der Waals surface area contributed by atoms with Crippen molar-refractivity contribution in [3.05, 3.63) is 45.0 Å². The van der Waals surface area contributed by atoms with E-state index in [-0.39, 0.29) is 0 Å². The number of aryl methyl sites for hydroxylation is 2. The van der Waals surface area contributed by atoms with E-state index in [9.17, 15) is 0 Å². The largest absolute Gasteiger partial charge is 0.444 e. The van der Waals surface area contributed by atoms with Crippen LogP contribution in [0.25, 0.3) is 0 Å². The fourth-order valence-electron chi connectivity index (χ4n) is 1.42. The van der Waals surface area contributed by atoms with Gasteiger partial charge in [-0.1, -0.05) is 27.5 Å². The Bertz CT molecular complexity index is 520. The molecular weight excluding hydrogens is 304 g/mol. The molecule has 0 saturated carbocycles. The van der Waals surface area contributed by atoms with Gasteiger partial charge < -0.3 is 9.73 Å². The standard InChI is InChI=1S/C12H12BrClN2O/c1-7-8(2)17-12(16-7)6-15-11-4-3-9(13)5-10(11)14/h3-5,15H,6H2,1-2H3. The van der Waals surface area contributed by atoms with Crippen molar-refractivity contribution >= 4 is 33.2 Å². The molecule has 0 saturated heterocycles. The third-order valence-corrected chi connectivity index (χ3v) is 3.24. The normalized spacial score (nSPS) is 10.6. The predicted molar refractivity (Wildman–Crippen MR) is 72.5 cm³/mol. The Balaban J connectivity index is 2.07. The summed E-state index contributed by atoms with van der Waals surface area (Å²) < 4.78 is 6.43. The smallest absolute Gasteiger partial charge is 0.213 e. The summed E-state index contributed by atoms with van der Waals surface area (Å²) in [7, 11) is 0. The number of nitrogens with one attached hydrogen (secondary N) is 1. The maximum absolute atomic E-state index is 6.09. The number of halogens is 2. The molecule has 1 heterocycles. The van der Waals surface area contributed by atoms with Gasteiger partial charge in [0.05, 0.1) is 22.9 Å². The molecule has 3 nitrogen and oxygen atoms in total. The Morgan fingerprint density at radius 2 is 2.18 bits per heavy atom. The van der Waals surface area contributed by atoms with Crippen molar-refractivity contribution in [3.63, 3.8) is 0 Å². The highest BCUT2D eigenvalue weighted by Crippen LogP contribution is 2.26. The zero-order valence-electron chi connectivity index (χ0n) is 9.55. The molecule has 0 aliphatic rings. The number of aromatic nitrogens is 1. The lowest BCUT2D eigenvalue weighted by Gasteiger charge is -2.06. The van der Waals surface area contributed by atoms with Crippen molar-refractivity contribution in [3.8, 4) is 0 Å².